The van der Waals surface area contributed by atoms with Gasteiger partial charge in [-0.15, -0.1) is 0 Å². The molecule has 8 heteroatoms. The first-order valence-electron chi connectivity index (χ1n) is 13.5. The second-order valence-electron chi connectivity index (χ2n) is 10.9. The van der Waals surface area contributed by atoms with Gasteiger partial charge in [-0.1, -0.05) is 64.4 Å². The molecule has 2 bridgehead atoms. The second kappa shape index (κ2) is 10.5. The van der Waals surface area contributed by atoms with Crippen LogP contribution in [0.15, 0.2) is 30.3 Å². The number of fused-ring (bicyclic) bond motifs is 1. The van der Waals surface area contributed by atoms with E-state index in [9.17, 15) is 19.5 Å². The lowest BCUT2D eigenvalue weighted by Crippen LogP contribution is -2.59. The van der Waals surface area contributed by atoms with Crippen LogP contribution in [0.3, 0.4) is 0 Å². The third-order valence-electron chi connectivity index (χ3n) is 8.60. The summed E-state index contributed by atoms with van der Waals surface area (Å²) < 4.78 is 6.76. The van der Waals surface area contributed by atoms with Crippen LogP contribution < -0.4 is 10.6 Å². The summed E-state index contributed by atoms with van der Waals surface area (Å²) in [4.78, 5) is 43.1. The maximum Gasteiger partial charge on any atom is 0.245 e. The first kappa shape index (κ1) is 26.6. The van der Waals surface area contributed by atoms with Gasteiger partial charge in [0.2, 0.25) is 17.7 Å². The van der Waals surface area contributed by atoms with Gasteiger partial charge in [0, 0.05) is 13.1 Å². The van der Waals surface area contributed by atoms with Crippen LogP contribution in [-0.4, -0.2) is 64.2 Å². The molecule has 3 N–H and O–H groups in total. The Morgan fingerprint density at radius 2 is 1.86 bits per heavy atom. The number of likely N-dealkylation sites (tertiary alicyclic amines) is 1. The fourth-order valence-corrected chi connectivity index (χ4v) is 6.71. The normalized spacial score (nSPS) is 31.6. The molecule has 0 aromatic heterocycles. The molecular formula is C28H41N3O5. The Balaban J connectivity index is 1.70. The minimum Gasteiger partial charge on any atom is -0.394 e. The van der Waals surface area contributed by atoms with Gasteiger partial charge in [0.1, 0.15) is 11.6 Å². The number of benzene rings is 1. The van der Waals surface area contributed by atoms with Gasteiger partial charge in [-0.05, 0) is 37.2 Å². The molecule has 0 radical (unpaired) electrons. The number of nitrogens with zero attached hydrogens (tertiary/aromatic N) is 1. The van der Waals surface area contributed by atoms with Crippen LogP contribution in [0.4, 0.5) is 0 Å². The molecule has 3 aliphatic rings. The Hall–Kier alpha value is -2.45. The van der Waals surface area contributed by atoms with Crippen molar-refractivity contribution in [3.05, 3.63) is 35.9 Å². The van der Waals surface area contributed by atoms with Crippen molar-refractivity contribution in [2.75, 3.05) is 13.2 Å². The van der Waals surface area contributed by atoms with Crippen LogP contribution in [0, 0.1) is 17.8 Å². The first-order valence-corrected chi connectivity index (χ1v) is 13.5. The number of carbonyl (C=O) groups is 3. The van der Waals surface area contributed by atoms with E-state index in [1.54, 1.807) is 4.90 Å². The highest BCUT2D eigenvalue weighted by Gasteiger charge is 2.79. The topological polar surface area (TPSA) is 108 Å². The summed E-state index contributed by atoms with van der Waals surface area (Å²) in [5, 5.41) is 16.3. The number of aliphatic hydroxyl groups is 1. The number of carbonyl (C=O) groups excluding carboxylic acids is 3. The molecule has 198 valence electrons. The van der Waals surface area contributed by atoms with Crippen LogP contribution in [-0.2, 0) is 25.7 Å². The summed E-state index contributed by atoms with van der Waals surface area (Å²) in [7, 11) is 0. The summed E-state index contributed by atoms with van der Waals surface area (Å²) in [6, 6.07) is 8.26. The quantitative estimate of drug-likeness (QED) is 0.405. The number of rotatable bonds is 11. The Kier molecular flexibility index (Phi) is 7.76. The van der Waals surface area contributed by atoms with Gasteiger partial charge in [-0.3, -0.25) is 14.4 Å². The van der Waals surface area contributed by atoms with E-state index >= 15 is 0 Å². The summed E-state index contributed by atoms with van der Waals surface area (Å²) in [5.41, 5.74) is -0.870. The zero-order valence-electron chi connectivity index (χ0n) is 22.0. The molecule has 1 aromatic carbocycles. The first-order chi connectivity index (χ1) is 17.3. The van der Waals surface area contributed by atoms with Crippen molar-refractivity contribution in [3.8, 4) is 0 Å². The van der Waals surface area contributed by atoms with E-state index in [0.717, 1.165) is 18.4 Å². The van der Waals surface area contributed by atoms with Gasteiger partial charge in [0.05, 0.1) is 30.1 Å². The number of hydrogen-bond donors (Lipinski definition) is 3. The van der Waals surface area contributed by atoms with Crippen molar-refractivity contribution in [2.24, 2.45) is 17.8 Å². The monoisotopic (exact) mass is 499 g/mol. The number of amides is 3. The summed E-state index contributed by atoms with van der Waals surface area (Å²) in [5.74, 6) is -2.23. The SMILES string of the molecule is CCCCNC(=O)C1N([C@@H](CO)C(C)C)C(=O)[C@@H]2[C@@H](C(=O)NCc3ccccc3)[C@@]3(CC)CCC12O3. The molecule has 6 atom stereocenters. The molecular weight excluding hydrogens is 458 g/mol. The summed E-state index contributed by atoms with van der Waals surface area (Å²) >= 11 is 0. The van der Waals surface area contributed by atoms with Gasteiger partial charge < -0.3 is 25.4 Å². The maximum atomic E-state index is 14.1. The fraction of sp³-hybridized carbons (Fsp3) is 0.679. The molecule has 0 aliphatic carbocycles. The van der Waals surface area contributed by atoms with Crippen molar-refractivity contribution >= 4 is 17.7 Å². The van der Waals surface area contributed by atoms with Crippen molar-refractivity contribution < 1.29 is 24.2 Å². The summed E-state index contributed by atoms with van der Waals surface area (Å²) in [6.45, 7) is 8.52. The van der Waals surface area contributed by atoms with Crippen LogP contribution in [0.25, 0.3) is 0 Å². The maximum absolute atomic E-state index is 14.1. The van der Waals surface area contributed by atoms with E-state index in [2.05, 4.69) is 17.6 Å². The van der Waals surface area contributed by atoms with Gasteiger partial charge in [0.15, 0.2) is 0 Å². The average Bonchev–Trinajstić information content (AvgIpc) is 3.47. The molecule has 36 heavy (non-hydrogen) atoms. The minimum absolute atomic E-state index is 0.0668. The summed E-state index contributed by atoms with van der Waals surface area (Å²) in [6.07, 6.45) is 3.51. The third-order valence-corrected chi connectivity index (χ3v) is 8.60. The number of unbranched alkanes of at least 4 members (excludes halogenated alkanes) is 1. The number of nitrogens with one attached hydrogen (secondary N) is 2. The highest BCUT2D eigenvalue weighted by atomic mass is 16.5. The zero-order valence-corrected chi connectivity index (χ0v) is 22.0. The lowest BCUT2D eigenvalue weighted by molar-refractivity contribution is -0.152. The van der Waals surface area contributed by atoms with Gasteiger partial charge >= 0.3 is 0 Å². The van der Waals surface area contributed by atoms with Crippen LogP contribution in [0.1, 0.15) is 65.4 Å². The molecule has 3 saturated heterocycles. The molecule has 0 saturated carbocycles. The molecule has 3 heterocycles. The largest absolute Gasteiger partial charge is 0.394 e. The Labute approximate surface area is 214 Å². The second-order valence-corrected chi connectivity index (χ2v) is 10.9. The van der Waals surface area contributed by atoms with Gasteiger partial charge in [-0.2, -0.15) is 0 Å². The predicted molar refractivity (Wildman–Crippen MR) is 136 cm³/mol. The lowest BCUT2D eigenvalue weighted by atomic mass is 9.65. The number of ether oxygens (including phenoxy) is 1. The average molecular weight is 500 g/mol. The van der Waals surface area contributed by atoms with Crippen molar-refractivity contribution in [1.29, 1.82) is 0 Å². The van der Waals surface area contributed by atoms with E-state index in [4.69, 9.17) is 4.74 Å². The highest BCUT2D eigenvalue weighted by molar-refractivity contribution is 5.99. The third kappa shape index (κ3) is 4.22. The van der Waals surface area contributed by atoms with E-state index in [1.165, 1.54) is 0 Å². The van der Waals surface area contributed by atoms with E-state index in [-0.39, 0.29) is 30.2 Å². The smallest absolute Gasteiger partial charge is 0.245 e. The molecule has 2 unspecified atom stereocenters. The molecule has 3 fully saturated rings. The predicted octanol–water partition coefficient (Wildman–Crippen LogP) is 2.39. The molecule has 3 amide bonds. The van der Waals surface area contributed by atoms with E-state index in [1.807, 2.05) is 51.1 Å². The lowest BCUT2D eigenvalue weighted by Gasteiger charge is -2.38. The van der Waals surface area contributed by atoms with Crippen LogP contribution >= 0.6 is 0 Å². The van der Waals surface area contributed by atoms with Crippen LogP contribution in [0.5, 0.6) is 0 Å². The van der Waals surface area contributed by atoms with Crippen molar-refractivity contribution in [3.63, 3.8) is 0 Å². The highest BCUT2D eigenvalue weighted by Crippen LogP contribution is 2.64. The minimum atomic E-state index is -1.07. The van der Waals surface area contributed by atoms with Crippen LogP contribution in [0.2, 0.25) is 0 Å². The van der Waals surface area contributed by atoms with E-state index in [0.29, 0.717) is 32.4 Å². The number of aliphatic hydroxyl groups excluding tert-OH is 1. The fourth-order valence-electron chi connectivity index (χ4n) is 6.71. The molecule has 1 spiro atoms. The van der Waals surface area contributed by atoms with Gasteiger partial charge in [0.25, 0.3) is 0 Å². The van der Waals surface area contributed by atoms with Crippen molar-refractivity contribution in [1.82, 2.24) is 15.5 Å². The zero-order chi connectivity index (χ0) is 26.1. The van der Waals surface area contributed by atoms with E-state index < -0.39 is 35.1 Å². The Morgan fingerprint density at radius 3 is 2.47 bits per heavy atom. The van der Waals surface area contributed by atoms with Crippen molar-refractivity contribution in [2.45, 2.75) is 89.6 Å². The molecule has 3 aliphatic heterocycles. The van der Waals surface area contributed by atoms with Gasteiger partial charge in [-0.25, -0.2) is 0 Å². The molecule has 4 rings (SSSR count). The standard InChI is InChI=1S/C28H41N3O5/c1-5-7-15-29-25(34)23-28-14-13-27(6-2,36-28)21(24(33)30-16-19-11-9-8-10-12-19)22(28)26(35)31(23)20(17-32)18(3)4/h8-12,18,20-23,32H,5-7,13-17H2,1-4H3,(H,29,34)(H,30,33)/t20-,21-,22-,23?,27+,28?/m0/s1. The molecule has 1 aromatic rings. The Bertz CT molecular complexity index is 969. The Morgan fingerprint density at radius 1 is 1.14 bits per heavy atom. The number of hydrogen-bond acceptors (Lipinski definition) is 5. The molecule has 8 nitrogen and oxygen atoms in total.